The molecule has 7 aromatic rings. The molecule has 2 bridgehead atoms. The molecule has 17 nitrogen and oxygen atoms in total. The second kappa shape index (κ2) is 24.7. The molecule has 6 aliphatic rings. The highest BCUT2D eigenvalue weighted by molar-refractivity contribution is 5.95. The summed E-state index contributed by atoms with van der Waals surface area (Å²) in [5, 5.41) is 95.2. The fraction of sp³-hybridized carbons (Fsp3) is 0.472. The van der Waals surface area contributed by atoms with Gasteiger partial charge in [-0.2, -0.15) is 0 Å². The predicted molar refractivity (Wildman–Crippen MR) is 336 cm³/mol. The summed E-state index contributed by atoms with van der Waals surface area (Å²) in [5.74, 6) is 4.59. The van der Waals surface area contributed by atoms with Crippen LogP contribution in [0.4, 0.5) is 0 Å². The van der Waals surface area contributed by atoms with Gasteiger partial charge in [-0.15, -0.1) is 0 Å². The Morgan fingerprint density at radius 3 is 2.51 bits per heavy atom. The highest BCUT2D eigenvalue weighted by atomic mass is 16.6. The van der Waals surface area contributed by atoms with E-state index in [9.17, 15) is 45.6 Å². The van der Waals surface area contributed by atoms with Gasteiger partial charge in [0, 0.05) is 72.1 Å². The van der Waals surface area contributed by atoms with Crippen LogP contribution in [0.15, 0.2) is 103 Å². The quantitative estimate of drug-likeness (QED) is 0.0379. The number of Topliss-reactive ketones (excluding diaryl/α,β-unsaturated/α-hetero) is 1. The number of fused-ring (bicyclic) bond motifs is 10. The van der Waals surface area contributed by atoms with Crippen LogP contribution in [0.2, 0.25) is 0 Å². The smallest absolute Gasteiger partial charge is 0.318 e. The summed E-state index contributed by atoms with van der Waals surface area (Å²) >= 11 is 0. The van der Waals surface area contributed by atoms with Crippen LogP contribution in [0.1, 0.15) is 130 Å². The molecule has 14 atom stereocenters. The third-order valence-corrected chi connectivity index (χ3v) is 21.4. The number of rotatable bonds is 13. The number of para-hydroxylation sites is 1. The lowest BCUT2D eigenvalue weighted by Gasteiger charge is -2.58. The number of methoxy groups -OCH3 is 1. The van der Waals surface area contributed by atoms with Gasteiger partial charge in [-0.05, 0) is 189 Å². The molecule has 3 saturated carbocycles. The normalized spacial score (nSPS) is 29.3. The van der Waals surface area contributed by atoms with Crippen LogP contribution < -0.4 is 14.8 Å². The van der Waals surface area contributed by atoms with Crippen molar-refractivity contribution in [1.29, 1.82) is 0 Å². The van der Waals surface area contributed by atoms with E-state index in [2.05, 4.69) is 56.0 Å². The molecule has 4 aliphatic carbocycles. The van der Waals surface area contributed by atoms with Crippen LogP contribution in [0.25, 0.3) is 38.8 Å². The number of H-pyrrole nitrogens is 2. The zero-order valence-corrected chi connectivity index (χ0v) is 50.5. The number of aliphatic hydroxyl groups excluding tert-OH is 5. The van der Waals surface area contributed by atoms with Crippen molar-refractivity contribution >= 4 is 39.3 Å². The molecule has 2 aliphatic heterocycles. The third-order valence-electron chi connectivity index (χ3n) is 21.4. The Bertz CT molecular complexity index is 3890. The maximum atomic E-state index is 15.6. The number of carbonyl (C=O) groups is 2. The SMILES string of the molecule is COc1cc2c(cc1O)C1=C[C@H]3C[C@@]4(C[C@@H](CCCO)[C@]5(C4)N[C@H]([C@H](C)O)CC[C@@H]5n4c(-c5cccc(O)c5)cc5[nH]ccc54)[C@@H]4C[C@@H](O)CC[C@@H]4[C@@H]3[C@H]2CC(=O)C[C@@H]([C@H](O)Cc2ccc(O)c(OCCO)c2)OC(=O)CC#CCc2c1[nH]c1ccccc21. The van der Waals surface area contributed by atoms with Gasteiger partial charge in [-0.3, -0.25) is 9.59 Å². The molecule has 1 saturated heterocycles. The lowest BCUT2D eigenvalue weighted by molar-refractivity contribution is -0.155. The average molecular weight is 1210 g/mol. The van der Waals surface area contributed by atoms with Crippen LogP contribution in [-0.2, 0) is 27.2 Å². The van der Waals surface area contributed by atoms with Crippen molar-refractivity contribution in [2.75, 3.05) is 26.9 Å². The summed E-state index contributed by atoms with van der Waals surface area (Å²) < 4.78 is 20.1. The van der Waals surface area contributed by atoms with Gasteiger partial charge in [0.1, 0.15) is 30.7 Å². The van der Waals surface area contributed by atoms with Gasteiger partial charge in [-0.1, -0.05) is 54.3 Å². The number of esters is 1. The van der Waals surface area contributed by atoms with E-state index < -0.39 is 47.3 Å². The second-order valence-corrected chi connectivity index (χ2v) is 26.5. The first-order valence-corrected chi connectivity index (χ1v) is 31.9. The number of ether oxygens (including phenoxy) is 3. The summed E-state index contributed by atoms with van der Waals surface area (Å²) in [7, 11) is 1.52. The topological polar surface area (TPSA) is 272 Å². The first-order chi connectivity index (χ1) is 43.1. The summed E-state index contributed by atoms with van der Waals surface area (Å²) in [4.78, 5) is 36.9. The first-order valence-electron chi connectivity index (χ1n) is 31.9. The second-order valence-electron chi connectivity index (χ2n) is 26.5. The van der Waals surface area contributed by atoms with Gasteiger partial charge < -0.3 is 74.9 Å². The monoisotopic (exact) mass is 1210 g/mol. The minimum absolute atomic E-state index is 0.00244. The minimum Gasteiger partial charge on any atom is -0.508 e. The average Bonchev–Trinajstić information content (AvgIpc) is 1.57. The number of ketones is 1. The lowest BCUT2D eigenvalue weighted by Crippen LogP contribution is -2.64. The van der Waals surface area contributed by atoms with Gasteiger partial charge in [0.2, 0.25) is 0 Å². The van der Waals surface area contributed by atoms with Crippen LogP contribution in [-0.4, -0.2) is 130 Å². The van der Waals surface area contributed by atoms with Gasteiger partial charge in [0.25, 0.3) is 0 Å². The van der Waals surface area contributed by atoms with Gasteiger partial charge >= 0.3 is 5.97 Å². The first kappa shape index (κ1) is 60.4. The molecule has 5 heterocycles. The lowest BCUT2D eigenvalue weighted by atomic mass is 9.47. The number of nitrogens with one attached hydrogen (secondary N) is 3. The van der Waals surface area contributed by atoms with Crippen LogP contribution in [0, 0.1) is 46.8 Å². The molecule has 13 rings (SSSR count). The van der Waals surface area contributed by atoms with Crippen LogP contribution >= 0.6 is 0 Å². The van der Waals surface area contributed by atoms with Crippen molar-refractivity contribution in [3.8, 4) is 51.8 Å². The number of cyclic esters (lactones) is 1. The number of aromatic amines is 2. The Labute approximate surface area is 517 Å². The Balaban J connectivity index is 0.991. The molecular weight excluding hydrogens is 1130 g/mol. The van der Waals surface area contributed by atoms with E-state index in [1.165, 1.54) is 13.2 Å². The summed E-state index contributed by atoms with van der Waals surface area (Å²) in [6, 6.07) is 27.6. The predicted octanol–water partition coefficient (Wildman–Crippen LogP) is 9.65. The Morgan fingerprint density at radius 2 is 1.70 bits per heavy atom. The molecule has 2 spiro atoms. The van der Waals surface area contributed by atoms with E-state index in [0.29, 0.717) is 56.9 Å². The number of hydrogen-bond acceptors (Lipinski definition) is 14. The number of allylic oxidation sites excluding steroid dienone is 1. The fourth-order valence-electron chi connectivity index (χ4n) is 17.9. The Morgan fingerprint density at radius 1 is 0.854 bits per heavy atom. The highest BCUT2D eigenvalue weighted by Gasteiger charge is 2.66. The molecule has 468 valence electrons. The van der Waals surface area contributed by atoms with Gasteiger partial charge in [0.15, 0.2) is 23.0 Å². The number of phenols is 3. The molecular formula is C72H82N4O13. The molecule has 4 aromatic carbocycles. The maximum Gasteiger partial charge on any atom is 0.318 e. The highest BCUT2D eigenvalue weighted by Crippen LogP contribution is 2.70. The zero-order valence-electron chi connectivity index (χ0n) is 50.5. The number of phenolic OH excluding ortho intramolecular Hbond substituents is 3. The van der Waals surface area contributed by atoms with Crippen molar-refractivity contribution in [2.24, 2.45) is 35.0 Å². The standard InChI is InChI=1S/C72H82N4O13/c1-40(79)56-19-21-67(76-59-22-23-73-58(59)36-60(76)42-9-7-11-45(80)29-42)72(75-56)39-71(38-44(72)10-8-24-77)37-43-30-54-51-34-63(85)64(87-2)35-52(51)53(69(43)50-18-17-46(81)32-55(50)71)31-47(82)33-66(62(84)27-41-16-20-61(83)65(28-41)88-26-25-78)89-68(86)15-6-4-13-49-48-12-3-5-14-57(48)74-70(49)54/h3,5,7,9,11-12,14,16,20,22-23,28-30,34-36,40,43-44,46,50,53,55-56,62,66-67,69,73-75,77-81,83-85H,8,10,13,15,17-19,21,24-27,31-33,37-39H2,1-2H3/t40-,43-,44+,46-,50-,53-,55+,56-,62+,66-,67-,69+,71-,72-/m0/s1. The van der Waals surface area contributed by atoms with Crippen molar-refractivity contribution in [3.05, 3.63) is 131 Å². The number of aromatic hydroxyl groups is 3. The van der Waals surface area contributed by atoms with Crippen molar-refractivity contribution in [3.63, 3.8) is 0 Å². The van der Waals surface area contributed by atoms with Gasteiger partial charge in [0.05, 0.1) is 60.5 Å². The summed E-state index contributed by atoms with van der Waals surface area (Å²) in [5.41, 5.74) is 8.22. The van der Waals surface area contributed by atoms with E-state index in [1.54, 1.807) is 24.3 Å². The Hall–Kier alpha value is -7.56. The summed E-state index contributed by atoms with van der Waals surface area (Å²) in [6.45, 7) is 1.51. The number of hydrogen-bond donors (Lipinski definition) is 11. The number of nitrogens with zero attached hydrogens (tertiary/aromatic N) is 1. The molecule has 11 N–H and O–H groups in total. The molecule has 4 fully saturated rings. The van der Waals surface area contributed by atoms with E-state index in [0.717, 1.165) is 74.0 Å². The van der Waals surface area contributed by atoms with Crippen LogP contribution in [0.3, 0.4) is 0 Å². The van der Waals surface area contributed by atoms with Crippen LogP contribution in [0.5, 0.6) is 28.7 Å². The van der Waals surface area contributed by atoms with E-state index in [1.807, 2.05) is 55.6 Å². The number of aromatic nitrogens is 3. The molecule has 3 aromatic heterocycles. The minimum atomic E-state index is -1.38. The van der Waals surface area contributed by atoms with E-state index >= 15 is 4.79 Å². The maximum absolute atomic E-state index is 15.6. The molecule has 17 heteroatoms. The number of piperidine rings is 1. The largest absolute Gasteiger partial charge is 0.508 e. The molecule has 0 radical (unpaired) electrons. The third kappa shape index (κ3) is 11.2. The summed E-state index contributed by atoms with van der Waals surface area (Å²) in [6.07, 6.45) is 6.49. The number of benzene rings is 4. The van der Waals surface area contributed by atoms with Gasteiger partial charge in [-0.25, -0.2) is 0 Å². The fourth-order valence-corrected chi connectivity index (χ4v) is 17.9. The molecule has 0 unspecified atom stereocenters. The van der Waals surface area contributed by atoms with Crippen molar-refractivity contribution in [2.45, 2.75) is 151 Å². The number of aliphatic hydroxyl groups is 5. The molecule has 89 heavy (non-hydrogen) atoms. The number of carbonyl (C=O) groups excluding carboxylic acids is 2. The van der Waals surface area contributed by atoms with E-state index in [-0.39, 0.29) is 128 Å². The van der Waals surface area contributed by atoms with Crippen molar-refractivity contribution < 1.29 is 64.7 Å². The van der Waals surface area contributed by atoms with E-state index in [4.69, 9.17) is 14.2 Å². The van der Waals surface area contributed by atoms with Crippen molar-refractivity contribution in [1.82, 2.24) is 19.9 Å². The Kier molecular flexibility index (Phi) is 16.7. The molecule has 0 amide bonds. The zero-order chi connectivity index (χ0) is 61.9.